The highest BCUT2D eigenvalue weighted by Crippen LogP contribution is 2.46. The zero-order chi connectivity index (χ0) is 34.2. The number of benzene rings is 1. The molecular formula is C31H35F2N5O9. The van der Waals surface area contributed by atoms with Crippen LogP contribution >= 0.6 is 0 Å². The second kappa shape index (κ2) is 13.0. The number of ether oxygens (including phenoxy) is 3. The van der Waals surface area contributed by atoms with Gasteiger partial charge < -0.3 is 39.1 Å². The molecule has 1 spiro atoms. The van der Waals surface area contributed by atoms with Crippen LogP contribution in [0.2, 0.25) is 0 Å². The van der Waals surface area contributed by atoms with Crippen LogP contribution in [0, 0.1) is 17.6 Å². The summed E-state index contributed by atoms with van der Waals surface area (Å²) in [6.07, 6.45) is 1.38. The van der Waals surface area contributed by atoms with Crippen LogP contribution < -0.4 is 20.8 Å². The summed E-state index contributed by atoms with van der Waals surface area (Å²) in [5, 5.41) is 8.88. The summed E-state index contributed by atoms with van der Waals surface area (Å²) in [6, 6.07) is 0.471. The van der Waals surface area contributed by atoms with Gasteiger partial charge in [0, 0.05) is 37.0 Å². The summed E-state index contributed by atoms with van der Waals surface area (Å²) in [6.45, 7) is 4.77. The van der Waals surface area contributed by atoms with Crippen molar-refractivity contribution in [3.05, 3.63) is 63.1 Å². The number of carbonyl (C=O) groups excluding carboxylic acids is 4. The molecule has 47 heavy (non-hydrogen) atoms. The molecule has 14 nitrogen and oxygen atoms in total. The number of alkyl carbamates (subject to hydrolysis) is 1. The van der Waals surface area contributed by atoms with E-state index in [1.165, 1.54) is 17.9 Å². The first kappa shape index (κ1) is 33.3. The van der Waals surface area contributed by atoms with Gasteiger partial charge in [-0.25, -0.2) is 18.4 Å². The Kier molecular flexibility index (Phi) is 9.22. The maximum absolute atomic E-state index is 14.3. The monoisotopic (exact) mass is 659 g/mol. The van der Waals surface area contributed by atoms with E-state index in [9.17, 15) is 32.8 Å². The largest absolute Gasteiger partial charge is 0.482 e. The van der Waals surface area contributed by atoms with E-state index in [0.29, 0.717) is 24.8 Å². The first-order valence-corrected chi connectivity index (χ1v) is 15.0. The van der Waals surface area contributed by atoms with Crippen molar-refractivity contribution in [1.82, 2.24) is 20.1 Å². The van der Waals surface area contributed by atoms with E-state index in [4.69, 9.17) is 14.3 Å². The van der Waals surface area contributed by atoms with E-state index in [0.717, 1.165) is 19.2 Å². The number of halogens is 2. The maximum atomic E-state index is 14.3. The third-order valence-corrected chi connectivity index (χ3v) is 8.78. The number of aromatic nitrogens is 1. The zero-order valence-corrected chi connectivity index (χ0v) is 26.4. The van der Waals surface area contributed by atoms with Crippen molar-refractivity contribution >= 4 is 29.8 Å². The number of amides is 3. The second-order valence-electron chi connectivity index (χ2n) is 12.0. The van der Waals surface area contributed by atoms with Gasteiger partial charge in [0.05, 0.1) is 26.7 Å². The van der Waals surface area contributed by atoms with Crippen molar-refractivity contribution < 1.29 is 47.0 Å². The number of esters is 1. The lowest BCUT2D eigenvalue weighted by atomic mass is 9.85. The number of hydrogen-bond acceptors (Lipinski definition) is 10. The number of carbonyl (C=O) groups is 4. The molecule has 1 fully saturated rings. The molecule has 3 aliphatic heterocycles. The third kappa shape index (κ3) is 6.23. The van der Waals surface area contributed by atoms with E-state index in [1.807, 2.05) is 6.92 Å². The first-order valence-electron chi connectivity index (χ1n) is 15.0. The molecule has 2 bridgehead atoms. The summed E-state index contributed by atoms with van der Waals surface area (Å²) >= 11 is 0. The minimum Gasteiger partial charge on any atom is -0.482 e. The van der Waals surface area contributed by atoms with Crippen LogP contribution in [-0.4, -0.2) is 77.7 Å². The predicted octanol–water partition coefficient (Wildman–Crippen LogP) is 2.64. The fourth-order valence-corrected chi connectivity index (χ4v) is 6.06. The molecular weight excluding hydrogens is 624 g/mol. The summed E-state index contributed by atoms with van der Waals surface area (Å²) < 4.78 is 44.7. The van der Waals surface area contributed by atoms with Crippen LogP contribution in [0.5, 0.6) is 5.75 Å². The number of nitrogens with zero attached hydrogens (tertiary/aromatic N) is 3. The van der Waals surface area contributed by atoms with Crippen molar-refractivity contribution in [1.29, 1.82) is 0 Å². The minimum absolute atomic E-state index is 0.0516. The Morgan fingerprint density at radius 3 is 2.57 bits per heavy atom. The molecule has 1 aromatic heterocycles. The fraction of sp³-hybridized carbons (Fsp3) is 0.484. The van der Waals surface area contributed by atoms with Crippen LogP contribution in [-0.2, 0) is 25.7 Å². The van der Waals surface area contributed by atoms with E-state index in [2.05, 4.69) is 20.5 Å². The SMILES string of the molecule is COC(=O)N[C@H](C(=O)Oc1c2n(cc(C(=O)NCc3ccc(F)cc3F)c1=O)[C@@H]1CN(C2=O)[C@@H](C)CC[C@]12CC(OC)=NO2)C(C)C. The summed E-state index contributed by atoms with van der Waals surface area (Å²) in [7, 11) is 2.55. The molecule has 0 radical (unpaired) electrons. The quantitative estimate of drug-likeness (QED) is 0.425. The molecule has 0 aliphatic carbocycles. The van der Waals surface area contributed by atoms with Gasteiger partial charge in [-0.1, -0.05) is 25.1 Å². The Bertz CT molecular complexity index is 1710. The van der Waals surface area contributed by atoms with Crippen molar-refractivity contribution in [2.75, 3.05) is 20.8 Å². The van der Waals surface area contributed by atoms with Crippen LogP contribution in [0.25, 0.3) is 0 Å². The highest BCUT2D eigenvalue weighted by molar-refractivity contribution is 6.00. The minimum atomic E-state index is -1.30. The van der Waals surface area contributed by atoms with Crippen molar-refractivity contribution in [3.63, 3.8) is 0 Å². The molecule has 0 saturated carbocycles. The third-order valence-electron chi connectivity index (χ3n) is 8.78. The molecule has 252 valence electrons. The number of rotatable bonds is 7. The Labute approximate surface area is 268 Å². The standard InChI is InChI=1S/C31H35F2N5O9/c1-15(2)23(35-30(43)45-5)29(42)46-26-24-28(41)37-14-21(31(9-8-16(37)3)11-22(44-4)36-47-31)38(24)13-19(25(26)39)27(40)34-12-17-6-7-18(32)10-20(17)33/h6-7,10,13,15-16,21,23H,8-9,11-12,14H2,1-5H3,(H,34,40)(H,35,43)/t16-,21+,23-,31-/m0/s1. The van der Waals surface area contributed by atoms with Gasteiger partial charge in [0.2, 0.25) is 17.1 Å². The number of pyridine rings is 1. The molecule has 2 N–H and O–H groups in total. The highest BCUT2D eigenvalue weighted by Gasteiger charge is 2.55. The van der Waals surface area contributed by atoms with E-state index < -0.39 is 82.4 Å². The predicted molar refractivity (Wildman–Crippen MR) is 160 cm³/mol. The average molecular weight is 660 g/mol. The van der Waals surface area contributed by atoms with E-state index >= 15 is 0 Å². The number of oxime groups is 1. The van der Waals surface area contributed by atoms with E-state index in [1.54, 1.807) is 18.7 Å². The molecule has 2 aromatic rings. The van der Waals surface area contributed by atoms with Crippen molar-refractivity contribution in [3.8, 4) is 5.75 Å². The van der Waals surface area contributed by atoms with Gasteiger partial charge in [-0.3, -0.25) is 14.4 Å². The summed E-state index contributed by atoms with van der Waals surface area (Å²) in [5.74, 6) is -5.37. The first-order chi connectivity index (χ1) is 22.3. The normalized spacial score (nSPS) is 22.1. The number of fused-ring (bicyclic) bond motifs is 5. The molecule has 3 amide bonds. The average Bonchev–Trinajstić information content (AvgIpc) is 3.41. The molecule has 5 rings (SSSR count). The van der Waals surface area contributed by atoms with Gasteiger partial charge in [-0.05, 0) is 31.7 Å². The molecule has 3 aliphatic rings. The summed E-state index contributed by atoms with van der Waals surface area (Å²) in [4.78, 5) is 74.7. The van der Waals surface area contributed by atoms with Gasteiger partial charge >= 0.3 is 12.1 Å². The lowest BCUT2D eigenvalue weighted by Gasteiger charge is -2.42. The number of hydrogen-bond donors (Lipinski definition) is 2. The number of methoxy groups -OCH3 is 2. The zero-order valence-electron chi connectivity index (χ0n) is 26.4. The molecule has 1 saturated heterocycles. The van der Waals surface area contributed by atoms with Crippen LogP contribution in [0.3, 0.4) is 0 Å². The van der Waals surface area contributed by atoms with Crippen molar-refractivity contribution in [2.45, 2.75) is 70.3 Å². The van der Waals surface area contributed by atoms with Crippen LogP contribution in [0.1, 0.15) is 72.5 Å². The van der Waals surface area contributed by atoms with Gasteiger partial charge in [0.25, 0.3) is 11.8 Å². The lowest BCUT2D eigenvalue weighted by molar-refractivity contribution is -0.137. The van der Waals surface area contributed by atoms with Gasteiger partial charge in [-0.15, -0.1) is 0 Å². The molecule has 1 aromatic carbocycles. The highest BCUT2D eigenvalue weighted by atomic mass is 19.1. The Hall–Kier alpha value is -5.02. The van der Waals surface area contributed by atoms with Gasteiger partial charge in [-0.2, -0.15) is 0 Å². The maximum Gasteiger partial charge on any atom is 0.407 e. The molecule has 0 unspecified atom stereocenters. The Morgan fingerprint density at radius 1 is 1.19 bits per heavy atom. The molecule has 4 heterocycles. The lowest BCUT2D eigenvalue weighted by Crippen LogP contribution is -2.53. The fourth-order valence-electron chi connectivity index (χ4n) is 6.06. The van der Waals surface area contributed by atoms with E-state index in [-0.39, 0.29) is 30.3 Å². The topological polar surface area (TPSA) is 167 Å². The summed E-state index contributed by atoms with van der Waals surface area (Å²) in [5.41, 5.74) is -3.04. The Balaban J connectivity index is 1.64. The smallest absolute Gasteiger partial charge is 0.407 e. The van der Waals surface area contributed by atoms with Crippen LogP contribution in [0.15, 0.2) is 34.3 Å². The second-order valence-corrected chi connectivity index (χ2v) is 12.0. The number of nitrogens with one attached hydrogen (secondary N) is 2. The van der Waals surface area contributed by atoms with Gasteiger partial charge in [0.15, 0.2) is 11.3 Å². The molecule has 4 atom stereocenters. The van der Waals surface area contributed by atoms with Gasteiger partial charge in [0.1, 0.15) is 23.2 Å². The molecule has 16 heteroatoms. The Morgan fingerprint density at radius 2 is 1.94 bits per heavy atom. The van der Waals surface area contributed by atoms with Crippen molar-refractivity contribution in [2.24, 2.45) is 11.1 Å². The van der Waals surface area contributed by atoms with Crippen LogP contribution in [0.4, 0.5) is 13.6 Å².